The van der Waals surface area contributed by atoms with Crippen molar-refractivity contribution in [3.05, 3.63) is 48.3 Å². The third kappa shape index (κ3) is 1.96. The Labute approximate surface area is 126 Å². The monoisotopic (exact) mass is 292 g/mol. The highest BCUT2D eigenvalue weighted by Gasteiger charge is 2.24. The van der Waals surface area contributed by atoms with Crippen molar-refractivity contribution in [2.75, 3.05) is 11.9 Å². The Hall–Kier alpha value is -3.02. The van der Waals surface area contributed by atoms with Crippen molar-refractivity contribution in [1.29, 1.82) is 0 Å². The molecule has 22 heavy (non-hydrogen) atoms. The Kier molecular flexibility index (Phi) is 2.75. The molecule has 0 spiro atoms. The van der Waals surface area contributed by atoms with Gasteiger partial charge in [-0.05, 0) is 35.9 Å². The SMILES string of the molecule is CN1C(=O)Cc2cc(-c3nc(-c4cccnc4)no3)ccc21. The zero-order valence-corrected chi connectivity index (χ0v) is 11.9. The molecule has 0 unspecified atom stereocenters. The van der Waals surface area contributed by atoms with Gasteiger partial charge in [0, 0.05) is 36.3 Å². The largest absolute Gasteiger partial charge is 0.334 e. The van der Waals surface area contributed by atoms with E-state index in [1.165, 1.54) is 0 Å². The number of nitrogens with zero attached hydrogens (tertiary/aromatic N) is 4. The van der Waals surface area contributed by atoms with Crippen molar-refractivity contribution >= 4 is 11.6 Å². The van der Waals surface area contributed by atoms with E-state index in [0.717, 1.165) is 22.4 Å². The summed E-state index contributed by atoms with van der Waals surface area (Å²) in [6, 6.07) is 9.41. The smallest absolute Gasteiger partial charge is 0.258 e. The summed E-state index contributed by atoms with van der Waals surface area (Å²) in [5, 5.41) is 3.98. The summed E-state index contributed by atoms with van der Waals surface area (Å²) in [5.41, 5.74) is 3.52. The molecule has 108 valence electrons. The van der Waals surface area contributed by atoms with Crippen molar-refractivity contribution in [2.24, 2.45) is 0 Å². The standard InChI is InChI=1S/C16H12N4O2/c1-20-13-5-4-10(7-12(13)8-14(20)21)16-18-15(19-22-16)11-3-2-6-17-9-11/h2-7,9H,8H2,1H3. The number of fused-ring (bicyclic) bond motifs is 1. The molecule has 0 aliphatic carbocycles. The number of rotatable bonds is 2. The van der Waals surface area contributed by atoms with E-state index in [-0.39, 0.29) is 5.91 Å². The normalized spacial score (nSPS) is 13.5. The third-order valence-electron chi connectivity index (χ3n) is 3.75. The molecule has 6 heteroatoms. The molecule has 0 bridgehead atoms. The summed E-state index contributed by atoms with van der Waals surface area (Å²) in [6.45, 7) is 0. The summed E-state index contributed by atoms with van der Waals surface area (Å²) in [6.07, 6.45) is 3.78. The maximum Gasteiger partial charge on any atom is 0.258 e. The quantitative estimate of drug-likeness (QED) is 0.724. The summed E-state index contributed by atoms with van der Waals surface area (Å²) in [4.78, 5) is 21.8. The first-order valence-electron chi connectivity index (χ1n) is 6.86. The second kappa shape index (κ2) is 4.77. The minimum absolute atomic E-state index is 0.0914. The lowest BCUT2D eigenvalue weighted by Gasteiger charge is -2.09. The van der Waals surface area contributed by atoms with Gasteiger partial charge in [-0.3, -0.25) is 9.78 Å². The second-order valence-electron chi connectivity index (χ2n) is 5.14. The first-order valence-corrected chi connectivity index (χ1v) is 6.86. The lowest BCUT2D eigenvalue weighted by atomic mass is 10.1. The van der Waals surface area contributed by atoms with Crippen LogP contribution in [0.5, 0.6) is 0 Å². The molecule has 1 aliphatic rings. The van der Waals surface area contributed by atoms with Crippen LogP contribution in [0.3, 0.4) is 0 Å². The lowest BCUT2D eigenvalue weighted by molar-refractivity contribution is -0.117. The fraction of sp³-hybridized carbons (Fsp3) is 0.125. The predicted octanol–water partition coefficient (Wildman–Crippen LogP) is 2.32. The van der Waals surface area contributed by atoms with Crippen molar-refractivity contribution in [1.82, 2.24) is 15.1 Å². The van der Waals surface area contributed by atoms with E-state index in [0.29, 0.717) is 18.1 Å². The van der Waals surface area contributed by atoms with E-state index in [1.54, 1.807) is 24.3 Å². The van der Waals surface area contributed by atoms with Crippen LogP contribution in [0.15, 0.2) is 47.2 Å². The summed E-state index contributed by atoms with van der Waals surface area (Å²) >= 11 is 0. The zero-order chi connectivity index (χ0) is 15.1. The first kappa shape index (κ1) is 12.7. The summed E-state index contributed by atoms with van der Waals surface area (Å²) < 4.78 is 5.33. The van der Waals surface area contributed by atoms with E-state index in [1.807, 2.05) is 30.3 Å². The van der Waals surface area contributed by atoms with Crippen molar-refractivity contribution in [2.45, 2.75) is 6.42 Å². The fourth-order valence-corrected chi connectivity index (χ4v) is 2.56. The van der Waals surface area contributed by atoms with Crippen molar-refractivity contribution in [3.63, 3.8) is 0 Å². The van der Waals surface area contributed by atoms with Crippen LogP contribution < -0.4 is 4.90 Å². The van der Waals surface area contributed by atoms with Gasteiger partial charge < -0.3 is 9.42 Å². The average Bonchev–Trinajstić information content (AvgIpc) is 3.14. The Morgan fingerprint density at radius 2 is 2.14 bits per heavy atom. The van der Waals surface area contributed by atoms with Crippen LogP contribution in [0.25, 0.3) is 22.8 Å². The van der Waals surface area contributed by atoms with E-state index in [4.69, 9.17) is 4.52 Å². The highest BCUT2D eigenvalue weighted by molar-refractivity contribution is 6.01. The predicted molar refractivity (Wildman–Crippen MR) is 80.1 cm³/mol. The maximum absolute atomic E-state index is 11.7. The number of carbonyl (C=O) groups is 1. The van der Waals surface area contributed by atoms with E-state index >= 15 is 0 Å². The van der Waals surface area contributed by atoms with Gasteiger partial charge in [0.25, 0.3) is 5.89 Å². The van der Waals surface area contributed by atoms with Gasteiger partial charge in [-0.2, -0.15) is 4.98 Å². The van der Waals surface area contributed by atoms with Gasteiger partial charge in [0.2, 0.25) is 11.7 Å². The molecule has 3 heterocycles. The van der Waals surface area contributed by atoms with Gasteiger partial charge >= 0.3 is 0 Å². The van der Waals surface area contributed by atoms with Crippen LogP contribution in [0.2, 0.25) is 0 Å². The van der Waals surface area contributed by atoms with Crippen LogP contribution in [-0.4, -0.2) is 28.1 Å². The van der Waals surface area contributed by atoms with Crippen molar-refractivity contribution < 1.29 is 9.32 Å². The summed E-state index contributed by atoms with van der Waals surface area (Å²) in [7, 11) is 1.78. The third-order valence-corrected chi connectivity index (χ3v) is 3.75. The van der Waals surface area contributed by atoms with Gasteiger partial charge in [-0.15, -0.1) is 0 Å². The molecule has 1 amide bonds. The van der Waals surface area contributed by atoms with E-state index in [9.17, 15) is 4.79 Å². The number of benzene rings is 1. The summed E-state index contributed by atoms with van der Waals surface area (Å²) in [5.74, 6) is 1.02. The molecule has 4 rings (SSSR count). The molecule has 0 radical (unpaired) electrons. The number of likely N-dealkylation sites (N-methyl/N-ethyl adjacent to an activating group) is 1. The second-order valence-corrected chi connectivity index (χ2v) is 5.14. The van der Waals surface area contributed by atoms with Gasteiger partial charge in [-0.1, -0.05) is 5.16 Å². The Bertz CT molecular complexity index is 858. The highest BCUT2D eigenvalue weighted by Crippen LogP contribution is 2.32. The Morgan fingerprint density at radius 3 is 2.95 bits per heavy atom. The molecule has 6 nitrogen and oxygen atoms in total. The Balaban J connectivity index is 1.71. The molecule has 0 N–H and O–H groups in total. The molecule has 0 atom stereocenters. The minimum Gasteiger partial charge on any atom is -0.334 e. The van der Waals surface area contributed by atoms with Crippen LogP contribution in [0, 0.1) is 0 Å². The number of carbonyl (C=O) groups excluding carboxylic acids is 1. The molecular formula is C16H12N4O2. The molecule has 3 aromatic rings. The number of pyridine rings is 1. The topological polar surface area (TPSA) is 72.1 Å². The van der Waals surface area contributed by atoms with Crippen LogP contribution in [0.1, 0.15) is 5.56 Å². The van der Waals surface area contributed by atoms with Gasteiger partial charge in [0.1, 0.15) is 0 Å². The first-order chi connectivity index (χ1) is 10.7. The fourth-order valence-electron chi connectivity index (χ4n) is 2.56. The van der Waals surface area contributed by atoms with Crippen LogP contribution >= 0.6 is 0 Å². The molecule has 0 fully saturated rings. The molecular weight excluding hydrogens is 280 g/mol. The molecule has 0 saturated heterocycles. The number of hydrogen-bond acceptors (Lipinski definition) is 5. The highest BCUT2D eigenvalue weighted by atomic mass is 16.5. The minimum atomic E-state index is 0.0914. The maximum atomic E-state index is 11.7. The lowest BCUT2D eigenvalue weighted by Crippen LogP contribution is -2.20. The molecule has 1 aromatic carbocycles. The zero-order valence-electron chi connectivity index (χ0n) is 11.9. The van der Waals surface area contributed by atoms with Crippen molar-refractivity contribution in [3.8, 4) is 22.8 Å². The number of aromatic nitrogens is 3. The van der Waals surface area contributed by atoms with Crippen LogP contribution in [0.4, 0.5) is 5.69 Å². The van der Waals surface area contributed by atoms with E-state index in [2.05, 4.69) is 15.1 Å². The molecule has 2 aromatic heterocycles. The van der Waals surface area contributed by atoms with Gasteiger partial charge in [0.05, 0.1) is 6.42 Å². The number of anilines is 1. The Morgan fingerprint density at radius 1 is 1.23 bits per heavy atom. The van der Waals surface area contributed by atoms with E-state index < -0.39 is 0 Å². The van der Waals surface area contributed by atoms with Gasteiger partial charge in [-0.25, -0.2) is 0 Å². The number of hydrogen-bond donors (Lipinski definition) is 0. The molecule has 0 saturated carbocycles. The van der Waals surface area contributed by atoms with Gasteiger partial charge in [0.15, 0.2) is 0 Å². The molecule has 1 aliphatic heterocycles. The average molecular weight is 292 g/mol. The number of amides is 1. The van der Waals surface area contributed by atoms with Crippen LogP contribution in [-0.2, 0) is 11.2 Å².